The van der Waals surface area contributed by atoms with Crippen LogP contribution in [0.15, 0.2) is 5.38 Å². The third-order valence-electron chi connectivity index (χ3n) is 2.02. The third kappa shape index (κ3) is 3.02. The van der Waals surface area contributed by atoms with Crippen molar-refractivity contribution in [2.45, 2.75) is 39.2 Å². The molecule has 0 saturated heterocycles. The van der Waals surface area contributed by atoms with E-state index in [1.165, 1.54) is 11.3 Å². The monoisotopic (exact) mass is 242 g/mol. The molecule has 4 nitrogen and oxygen atoms in total. The molecule has 0 radical (unpaired) electrons. The van der Waals surface area contributed by atoms with E-state index in [0.717, 1.165) is 5.01 Å². The smallest absolute Gasteiger partial charge is 0.329 e. The zero-order valence-corrected chi connectivity index (χ0v) is 10.9. The van der Waals surface area contributed by atoms with E-state index in [1.54, 1.807) is 6.92 Å². The van der Waals surface area contributed by atoms with Crippen molar-refractivity contribution in [3.8, 4) is 0 Å². The molecule has 1 heterocycles. The van der Waals surface area contributed by atoms with Gasteiger partial charge in [0.2, 0.25) is 0 Å². The summed E-state index contributed by atoms with van der Waals surface area (Å²) >= 11 is 1.52. The van der Waals surface area contributed by atoms with E-state index < -0.39 is 12.0 Å². The molecule has 1 atom stereocenters. The minimum Gasteiger partial charge on any atom is -0.465 e. The number of carbonyl (C=O) groups is 1. The molecule has 1 aromatic rings. The van der Waals surface area contributed by atoms with Crippen LogP contribution in [-0.2, 0) is 14.9 Å². The van der Waals surface area contributed by atoms with Crippen LogP contribution in [0, 0.1) is 0 Å². The number of aromatic nitrogens is 1. The second kappa shape index (κ2) is 4.93. The van der Waals surface area contributed by atoms with E-state index in [0.29, 0.717) is 12.3 Å². The van der Waals surface area contributed by atoms with Crippen LogP contribution >= 0.6 is 11.3 Å². The lowest BCUT2D eigenvalue weighted by Gasteiger charge is -2.14. The van der Waals surface area contributed by atoms with Gasteiger partial charge in [0.15, 0.2) is 0 Å². The largest absolute Gasteiger partial charge is 0.465 e. The van der Waals surface area contributed by atoms with Gasteiger partial charge in [-0.15, -0.1) is 11.3 Å². The molecule has 1 rings (SSSR count). The summed E-state index contributed by atoms with van der Waals surface area (Å²) in [5, 5.41) is 2.80. The van der Waals surface area contributed by atoms with E-state index in [4.69, 9.17) is 10.5 Å². The van der Waals surface area contributed by atoms with Crippen LogP contribution in [0.25, 0.3) is 0 Å². The predicted octanol–water partition coefficient (Wildman–Crippen LogP) is 2.00. The Morgan fingerprint density at radius 3 is 2.69 bits per heavy atom. The summed E-state index contributed by atoms with van der Waals surface area (Å²) in [5.41, 5.74) is 6.33. The first-order valence-corrected chi connectivity index (χ1v) is 6.12. The molecule has 0 bridgehead atoms. The van der Waals surface area contributed by atoms with Crippen molar-refractivity contribution in [1.82, 2.24) is 4.98 Å². The molecule has 5 heteroatoms. The van der Waals surface area contributed by atoms with Crippen molar-refractivity contribution in [2.75, 3.05) is 6.61 Å². The molecular formula is C11H18N2O2S. The van der Waals surface area contributed by atoms with Crippen LogP contribution in [0.4, 0.5) is 0 Å². The molecule has 0 saturated carbocycles. The number of thiazole rings is 1. The average molecular weight is 242 g/mol. The molecule has 0 aliphatic carbocycles. The number of rotatable bonds is 3. The lowest BCUT2D eigenvalue weighted by Crippen LogP contribution is -2.24. The number of esters is 1. The maximum atomic E-state index is 11.4. The summed E-state index contributed by atoms with van der Waals surface area (Å²) in [7, 11) is 0. The van der Waals surface area contributed by atoms with Gasteiger partial charge in [0.25, 0.3) is 0 Å². The molecule has 1 aromatic heterocycles. The molecule has 0 aromatic carbocycles. The Bertz CT molecular complexity index is 368. The van der Waals surface area contributed by atoms with Crippen LogP contribution in [0.2, 0.25) is 0 Å². The van der Waals surface area contributed by atoms with Crippen molar-refractivity contribution >= 4 is 17.3 Å². The van der Waals surface area contributed by atoms with Crippen molar-refractivity contribution in [3.63, 3.8) is 0 Å². The highest BCUT2D eigenvalue weighted by molar-refractivity contribution is 7.09. The summed E-state index contributed by atoms with van der Waals surface area (Å²) in [5.74, 6) is -0.423. The lowest BCUT2D eigenvalue weighted by atomic mass is 9.98. The van der Waals surface area contributed by atoms with Gasteiger partial charge in [0.1, 0.15) is 6.04 Å². The number of nitrogens with zero attached hydrogens (tertiary/aromatic N) is 1. The lowest BCUT2D eigenvalue weighted by molar-refractivity contribution is -0.144. The van der Waals surface area contributed by atoms with E-state index in [1.807, 2.05) is 5.38 Å². The van der Waals surface area contributed by atoms with E-state index >= 15 is 0 Å². The predicted molar refractivity (Wildman–Crippen MR) is 64.4 cm³/mol. The van der Waals surface area contributed by atoms with Gasteiger partial charge in [0.05, 0.1) is 17.3 Å². The molecule has 2 N–H and O–H groups in total. The molecule has 1 unspecified atom stereocenters. The zero-order chi connectivity index (χ0) is 12.3. The number of hydrogen-bond donors (Lipinski definition) is 1. The highest BCUT2D eigenvalue weighted by Crippen LogP contribution is 2.27. The Morgan fingerprint density at radius 1 is 1.62 bits per heavy atom. The number of nitrogens with two attached hydrogens (primary N) is 1. The Balaban J connectivity index is 2.82. The molecular weight excluding hydrogens is 224 g/mol. The fraction of sp³-hybridized carbons (Fsp3) is 0.636. The summed E-state index contributed by atoms with van der Waals surface area (Å²) in [4.78, 5) is 15.8. The maximum absolute atomic E-state index is 11.4. The second-order valence-electron chi connectivity index (χ2n) is 4.56. The molecule has 0 fully saturated rings. The van der Waals surface area contributed by atoms with E-state index in [2.05, 4.69) is 25.8 Å². The van der Waals surface area contributed by atoms with Gasteiger partial charge in [-0.2, -0.15) is 0 Å². The van der Waals surface area contributed by atoms with Crippen LogP contribution in [0.3, 0.4) is 0 Å². The topological polar surface area (TPSA) is 65.2 Å². The summed E-state index contributed by atoms with van der Waals surface area (Å²) < 4.78 is 4.85. The highest BCUT2D eigenvalue weighted by Gasteiger charge is 2.23. The van der Waals surface area contributed by atoms with Gasteiger partial charge in [-0.3, -0.25) is 0 Å². The first-order chi connectivity index (χ1) is 7.36. The Kier molecular flexibility index (Phi) is 4.04. The van der Waals surface area contributed by atoms with Crippen LogP contribution in [0.5, 0.6) is 0 Å². The molecule has 0 aliphatic heterocycles. The molecule has 0 aliphatic rings. The minimum atomic E-state index is -0.771. The van der Waals surface area contributed by atoms with Crippen molar-refractivity contribution < 1.29 is 9.53 Å². The Hall–Kier alpha value is -0.940. The highest BCUT2D eigenvalue weighted by atomic mass is 32.1. The fourth-order valence-electron chi connectivity index (χ4n) is 1.13. The molecule has 16 heavy (non-hydrogen) atoms. The van der Waals surface area contributed by atoms with Gasteiger partial charge in [0, 0.05) is 10.8 Å². The normalized spacial score (nSPS) is 13.6. The van der Waals surface area contributed by atoms with E-state index in [-0.39, 0.29) is 5.41 Å². The Morgan fingerprint density at radius 2 is 2.25 bits per heavy atom. The first-order valence-electron chi connectivity index (χ1n) is 5.24. The summed E-state index contributed by atoms with van der Waals surface area (Å²) in [6.07, 6.45) is 0. The standard InChI is InChI=1S/C11H18N2O2S/c1-5-15-9(14)8(12)7-6-16-10(13-7)11(2,3)4/h6,8H,5,12H2,1-4H3. The quantitative estimate of drug-likeness (QED) is 0.823. The van der Waals surface area contributed by atoms with Gasteiger partial charge >= 0.3 is 5.97 Å². The number of carbonyl (C=O) groups excluding carboxylic acids is 1. The average Bonchev–Trinajstić information content (AvgIpc) is 2.65. The van der Waals surface area contributed by atoms with Crippen LogP contribution in [0.1, 0.15) is 44.4 Å². The van der Waals surface area contributed by atoms with Gasteiger partial charge in [-0.1, -0.05) is 20.8 Å². The summed E-state index contributed by atoms with van der Waals surface area (Å²) in [6, 6.07) is -0.771. The van der Waals surface area contributed by atoms with Crippen LogP contribution in [-0.4, -0.2) is 17.6 Å². The van der Waals surface area contributed by atoms with Crippen LogP contribution < -0.4 is 5.73 Å². The second-order valence-corrected chi connectivity index (χ2v) is 5.42. The third-order valence-corrected chi connectivity index (χ3v) is 3.31. The first kappa shape index (κ1) is 13.1. The van der Waals surface area contributed by atoms with Gasteiger partial charge in [-0.25, -0.2) is 9.78 Å². The fourth-order valence-corrected chi connectivity index (χ4v) is 2.07. The van der Waals surface area contributed by atoms with E-state index in [9.17, 15) is 4.79 Å². The maximum Gasteiger partial charge on any atom is 0.329 e. The Labute approximate surface area is 99.8 Å². The molecule has 90 valence electrons. The summed E-state index contributed by atoms with van der Waals surface area (Å²) in [6.45, 7) is 8.32. The zero-order valence-electron chi connectivity index (χ0n) is 10.1. The van der Waals surface area contributed by atoms with Gasteiger partial charge in [-0.05, 0) is 6.92 Å². The SMILES string of the molecule is CCOC(=O)C(N)c1csc(C(C)(C)C)n1. The van der Waals surface area contributed by atoms with Crippen molar-refractivity contribution in [2.24, 2.45) is 5.73 Å². The minimum absolute atomic E-state index is 0.0166. The number of ether oxygens (including phenoxy) is 1. The van der Waals surface area contributed by atoms with Crippen molar-refractivity contribution in [1.29, 1.82) is 0 Å². The molecule has 0 amide bonds. The number of hydrogen-bond acceptors (Lipinski definition) is 5. The van der Waals surface area contributed by atoms with Crippen molar-refractivity contribution in [3.05, 3.63) is 16.1 Å². The van der Waals surface area contributed by atoms with Gasteiger partial charge < -0.3 is 10.5 Å². The molecule has 0 spiro atoms.